The van der Waals surface area contributed by atoms with E-state index < -0.39 is 5.91 Å². The maximum Gasteiger partial charge on any atom is 0.241 e. The van der Waals surface area contributed by atoms with Crippen molar-refractivity contribution in [2.24, 2.45) is 5.73 Å². The number of ether oxygens (including phenoxy) is 2. The number of rotatable bonds is 5. The van der Waals surface area contributed by atoms with Crippen LogP contribution in [0.4, 0.5) is 0 Å². The number of amides is 1. The lowest BCUT2D eigenvalue weighted by molar-refractivity contribution is -0.113. The Balaban J connectivity index is 2.21. The zero-order valence-corrected chi connectivity index (χ0v) is 11.1. The van der Waals surface area contributed by atoms with Gasteiger partial charge < -0.3 is 15.2 Å². The molecule has 0 aliphatic carbocycles. The van der Waals surface area contributed by atoms with Crippen LogP contribution in [0.5, 0.6) is 17.2 Å². The molecular weight excluding hydrogens is 254 g/mol. The van der Waals surface area contributed by atoms with Crippen molar-refractivity contribution in [3.63, 3.8) is 0 Å². The molecule has 0 unspecified atom stereocenters. The van der Waals surface area contributed by atoms with E-state index in [2.05, 4.69) is 0 Å². The van der Waals surface area contributed by atoms with E-state index in [1.807, 2.05) is 48.5 Å². The number of carbonyl (C=O) groups excluding carboxylic acids is 1. The Kier molecular flexibility index (Phi) is 4.39. The Bertz CT molecular complexity index is 618. The van der Waals surface area contributed by atoms with E-state index in [1.165, 1.54) is 6.08 Å². The Morgan fingerprint density at radius 1 is 1.05 bits per heavy atom. The van der Waals surface area contributed by atoms with Crippen molar-refractivity contribution >= 4 is 12.0 Å². The molecule has 1 amide bonds. The summed E-state index contributed by atoms with van der Waals surface area (Å²) >= 11 is 0. The minimum absolute atomic E-state index is 0.496. The molecule has 0 saturated carbocycles. The first-order valence-corrected chi connectivity index (χ1v) is 6.07. The zero-order valence-electron chi connectivity index (χ0n) is 11.1. The summed E-state index contributed by atoms with van der Waals surface area (Å²) in [5.41, 5.74) is 5.87. The molecular formula is C16H15NO3. The third kappa shape index (κ3) is 3.62. The van der Waals surface area contributed by atoms with Crippen molar-refractivity contribution in [2.75, 3.05) is 7.11 Å². The lowest BCUT2D eigenvalue weighted by atomic mass is 10.2. The Morgan fingerprint density at radius 2 is 1.70 bits per heavy atom. The fourth-order valence-electron chi connectivity index (χ4n) is 1.65. The maximum absolute atomic E-state index is 10.8. The van der Waals surface area contributed by atoms with Gasteiger partial charge in [0.15, 0.2) is 0 Å². The molecule has 2 aromatic rings. The summed E-state index contributed by atoms with van der Waals surface area (Å²) in [6.07, 6.45) is 2.93. The van der Waals surface area contributed by atoms with Gasteiger partial charge in [-0.2, -0.15) is 0 Å². The molecule has 102 valence electrons. The smallest absolute Gasteiger partial charge is 0.241 e. The van der Waals surface area contributed by atoms with E-state index in [4.69, 9.17) is 15.2 Å². The first kappa shape index (κ1) is 13.7. The summed E-state index contributed by atoms with van der Waals surface area (Å²) in [4.78, 5) is 10.8. The molecule has 0 spiro atoms. The van der Waals surface area contributed by atoms with E-state index in [9.17, 15) is 4.79 Å². The third-order valence-corrected chi connectivity index (χ3v) is 2.63. The Labute approximate surface area is 117 Å². The molecule has 0 aliphatic rings. The highest BCUT2D eigenvalue weighted by molar-refractivity contribution is 5.90. The number of nitrogens with two attached hydrogens (primary N) is 1. The van der Waals surface area contributed by atoms with Gasteiger partial charge in [-0.05, 0) is 36.4 Å². The van der Waals surface area contributed by atoms with Crippen LogP contribution in [0.25, 0.3) is 6.08 Å². The molecule has 0 bridgehead atoms. The first-order chi connectivity index (χ1) is 9.69. The molecule has 0 saturated heterocycles. The predicted octanol–water partition coefficient (Wildman–Crippen LogP) is 2.99. The highest BCUT2D eigenvalue weighted by Gasteiger charge is 2.02. The summed E-state index contributed by atoms with van der Waals surface area (Å²) in [6, 6.07) is 14.7. The average Bonchev–Trinajstić information content (AvgIpc) is 2.47. The van der Waals surface area contributed by atoms with Gasteiger partial charge in [0.25, 0.3) is 0 Å². The Morgan fingerprint density at radius 3 is 2.35 bits per heavy atom. The third-order valence-electron chi connectivity index (χ3n) is 2.63. The minimum Gasteiger partial charge on any atom is -0.497 e. The number of carbonyl (C=O) groups is 1. The largest absolute Gasteiger partial charge is 0.497 e. The normalized spacial score (nSPS) is 10.4. The van der Waals surface area contributed by atoms with Gasteiger partial charge in [0.05, 0.1) is 7.11 Å². The number of hydrogen-bond donors (Lipinski definition) is 1. The summed E-state index contributed by atoms with van der Waals surface area (Å²) in [5, 5.41) is 0. The monoisotopic (exact) mass is 269 g/mol. The van der Waals surface area contributed by atoms with Gasteiger partial charge in [-0.25, -0.2) is 0 Å². The fraction of sp³-hybridized carbons (Fsp3) is 0.0625. The highest BCUT2D eigenvalue weighted by atomic mass is 16.5. The van der Waals surface area contributed by atoms with E-state index in [-0.39, 0.29) is 0 Å². The van der Waals surface area contributed by atoms with Crippen LogP contribution >= 0.6 is 0 Å². The molecule has 0 fully saturated rings. The zero-order chi connectivity index (χ0) is 14.4. The van der Waals surface area contributed by atoms with Gasteiger partial charge in [-0.3, -0.25) is 4.79 Å². The number of para-hydroxylation sites is 1. The summed E-state index contributed by atoms with van der Waals surface area (Å²) in [5.74, 6) is 1.60. The van der Waals surface area contributed by atoms with Crippen molar-refractivity contribution in [2.45, 2.75) is 0 Å². The fourth-order valence-corrected chi connectivity index (χ4v) is 1.65. The molecule has 20 heavy (non-hydrogen) atoms. The molecule has 0 atom stereocenters. The van der Waals surface area contributed by atoms with Crippen LogP contribution in [0.15, 0.2) is 54.6 Å². The molecule has 2 rings (SSSR count). The van der Waals surface area contributed by atoms with Crippen molar-refractivity contribution in [3.05, 3.63) is 60.2 Å². The average molecular weight is 269 g/mol. The van der Waals surface area contributed by atoms with Crippen LogP contribution in [-0.2, 0) is 4.79 Å². The van der Waals surface area contributed by atoms with Gasteiger partial charge >= 0.3 is 0 Å². The first-order valence-electron chi connectivity index (χ1n) is 6.07. The number of benzene rings is 2. The lowest BCUT2D eigenvalue weighted by Crippen LogP contribution is -2.05. The maximum atomic E-state index is 10.8. The van der Waals surface area contributed by atoms with Gasteiger partial charge in [0.2, 0.25) is 5.91 Å². The summed E-state index contributed by atoms with van der Waals surface area (Å²) < 4.78 is 10.9. The number of primary amides is 1. The van der Waals surface area contributed by atoms with Crippen LogP contribution < -0.4 is 15.2 Å². The van der Waals surface area contributed by atoms with E-state index in [0.717, 1.165) is 11.3 Å². The molecule has 4 heteroatoms. The topological polar surface area (TPSA) is 61.6 Å². The predicted molar refractivity (Wildman–Crippen MR) is 77.7 cm³/mol. The SMILES string of the molecule is COc1ccc(Oc2ccccc2/C=C\C(N)=O)cc1. The second kappa shape index (κ2) is 6.43. The molecule has 0 aromatic heterocycles. The highest BCUT2D eigenvalue weighted by Crippen LogP contribution is 2.27. The lowest BCUT2D eigenvalue weighted by Gasteiger charge is -2.09. The molecule has 4 nitrogen and oxygen atoms in total. The summed E-state index contributed by atoms with van der Waals surface area (Å²) in [7, 11) is 1.61. The standard InChI is InChI=1S/C16H15NO3/c1-19-13-7-9-14(10-8-13)20-15-5-3-2-4-12(15)6-11-16(17)18/h2-11H,1H3,(H2,17,18)/b11-6-. The van der Waals surface area contributed by atoms with Crippen molar-refractivity contribution in [1.29, 1.82) is 0 Å². The van der Waals surface area contributed by atoms with Crippen LogP contribution in [0, 0.1) is 0 Å². The Hall–Kier alpha value is -2.75. The van der Waals surface area contributed by atoms with Crippen LogP contribution in [-0.4, -0.2) is 13.0 Å². The van der Waals surface area contributed by atoms with E-state index in [1.54, 1.807) is 13.2 Å². The molecule has 0 aliphatic heterocycles. The molecule has 2 aromatic carbocycles. The second-order valence-corrected chi connectivity index (χ2v) is 4.05. The van der Waals surface area contributed by atoms with Gasteiger partial charge in [0.1, 0.15) is 17.2 Å². The summed E-state index contributed by atoms with van der Waals surface area (Å²) in [6.45, 7) is 0. The van der Waals surface area contributed by atoms with Gasteiger partial charge in [-0.15, -0.1) is 0 Å². The number of hydrogen-bond acceptors (Lipinski definition) is 3. The van der Waals surface area contributed by atoms with Crippen LogP contribution in [0.2, 0.25) is 0 Å². The second-order valence-electron chi connectivity index (χ2n) is 4.05. The quantitative estimate of drug-likeness (QED) is 0.849. The van der Waals surface area contributed by atoms with Gasteiger partial charge in [0, 0.05) is 11.6 Å². The van der Waals surface area contributed by atoms with Crippen LogP contribution in [0.1, 0.15) is 5.56 Å². The number of methoxy groups -OCH3 is 1. The van der Waals surface area contributed by atoms with E-state index in [0.29, 0.717) is 11.5 Å². The van der Waals surface area contributed by atoms with Crippen molar-refractivity contribution in [1.82, 2.24) is 0 Å². The molecule has 0 radical (unpaired) electrons. The van der Waals surface area contributed by atoms with Crippen LogP contribution in [0.3, 0.4) is 0 Å². The van der Waals surface area contributed by atoms with E-state index >= 15 is 0 Å². The van der Waals surface area contributed by atoms with Crippen molar-refractivity contribution in [3.8, 4) is 17.2 Å². The van der Waals surface area contributed by atoms with Gasteiger partial charge in [-0.1, -0.05) is 18.2 Å². The molecule has 0 heterocycles. The van der Waals surface area contributed by atoms with Crippen molar-refractivity contribution < 1.29 is 14.3 Å². The molecule has 2 N–H and O–H groups in total. The minimum atomic E-state index is -0.496.